The van der Waals surface area contributed by atoms with Crippen molar-refractivity contribution in [2.24, 2.45) is 5.92 Å². The highest BCUT2D eigenvalue weighted by atomic mass is 79.9. The first-order chi connectivity index (χ1) is 8.92. The Labute approximate surface area is 120 Å². The summed E-state index contributed by atoms with van der Waals surface area (Å²) in [7, 11) is 0. The van der Waals surface area contributed by atoms with E-state index in [-0.39, 0.29) is 11.6 Å². The zero-order chi connectivity index (χ0) is 14.4. The van der Waals surface area contributed by atoms with Crippen LogP contribution >= 0.6 is 15.9 Å². The fourth-order valence-corrected chi connectivity index (χ4v) is 1.87. The van der Waals surface area contributed by atoms with Crippen molar-refractivity contribution in [2.45, 2.75) is 20.3 Å². The van der Waals surface area contributed by atoms with Gasteiger partial charge >= 0.3 is 12.0 Å². The molecular formula is C13H17BrN2O3. The van der Waals surface area contributed by atoms with Crippen molar-refractivity contribution in [3.05, 3.63) is 28.2 Å². The zero-order valence-electron chi connectivity index (χ0n) is 10.9. The Hall–Kier alpha value is -1.56. The van der Waals surface area contributed by atoms with E-state index >= 15 is 0 Å². The van der Waals surface area contributed by atoms with Crippen LogP contribution in [0.4, 0.5) is 10.5 Å². The second-order valence-corrected chi connectivity index (χ2v) is 5.30. The Morgan fingerprint density at radius 1 is 1.37 bits per heavy atom. The molecule has 19 heavy (non-hydrogen) atoms. The van der Waals surface area contributed by atoms with Gasteiger partial charge in [0.15, 0.2) is 0 Å². The molecule has 0 saturated carbocycles. The summed E-state index contributed by atoms with van der Waals surface area (Å²) in [5.74, 6) is -0.632. The Kier molecular flexibility index (Phi) is 5.82. The van der Waals surface area contributed by atoms with Gasteiger partial charge in [0.25, 0.3) is 0 Å². The monoisotopic (exact) mass is 328 g/mol. The van der Waals surface area contributed by atoms with Crippen molar-refractivity contribution in [1.29, 1.82) is 0 Å². The molecule has 0 bridgehead atoms. The summed E-state index contributed by atoms with van der Waals surface area (Å²) < 4.78 is 0.602. The van der Waals surface area contributed by atoms with Gasteiger partial charge in [-0.3, -0.25) is 0 Å². The van der Waals surface area contributed by atoms with Gasteiger partial charge in [0, 0.05) is 16.7 Å². The Balaban J connectivity index is 2.66. The maximum Gasteiger partial charge on any atom is 0.335 e. The Morgan fingerprint density at radius 2 is 2.05 bits per heavy atom. The molecule has 0 aromatic heterocycles. The number of carbonyl (C=O) groups excluding carboxylic acids is 1. The molecule has 0 fully saturated rings. The molecule has 1 unspecified atom stereocenters. The number of benzene rings is 1. The van der Waals surface area contributed by atoms with Gasteiger partial charge in [0.1, 0.15) is 0 Å². The van der Waals surface area contributed by atoms with E-state index in [1.54, 1.807) is 6.07 Å². The number of urea groups is 1. The van der Waals surface area contributed by atoms with Gasteiger partial charge in [-0.25, -0.2) is 9.59 Å². The molecule has 0 radical (unpaired) electrons. The topological polar surface area (TPSA) is 78.4 Å². The zero-order valence-corrected chi connectivity index (χ0v) is 12.5. The van der Waals surface area contributed by atoms with Crippen molar-refractivity contribution < 1.29 is 14.7 Å². The summed E-state index contributed by atoms with van der Waals surface area (Å²) in [5, 5.41) is 14.3. The number of hydrogen-bond acceptors (Lipinski definition) is 2. The molecule has 104 valence electrons. The van der Waals surface area contributed by atoms with E-state index in [4.69, 9.17) is 5.11 Å². The standard InChI is InChI=1S/C13H17BrN2O3/c1-3-8(2)7-15-13(19)16-11-5-9(12(17)18)4-10(14)6-11/h4-6,8H,3,7H2,1-2H3,(H,17,18)(H2,15,16,19). The lowest BCUT2D eigenvalue weighted by Gasteiger charge is -2.11. The van der Waals surface area contributed by atoms with Gasteiger partial charge in [-0.05, 0) is 24.1 Å². The number of hydrogen-bond donors (Lipinski definition) is 3. The lowest BCUT2D eigenvalue weighted by Crippen LogP contribution is -2.32. The van der Waals surface area contributed by atoms with Gasteiger partial charge < -0.3 is 15.7 Å². The summed E-state index contributed by atoms with van der Waals surface area (Å²) in [5.41, 5.74) is 0.556. The average Bonchev–Trinajstić information content (AvgIpc) is 2.35. The van der Waals surface area contributed by atoms with E-state index in [2.05, 4.69) is 33.5 Å². The fraction of sp³-hybridized carbons (Fsp3) is 0.385. The highest BCUT2D eigenvalue weighted by molar-refractivity contribution is 9.10. The average molecular weight is 329 g/mol. The molecule has 1 rings (SSSR count). The van der Waals surface area contributed by atoms with Crippen LogP contribution in [-0.2, 0) is 0 Å². The first kappa shape index (κ1) is 15.5. The molecule has 6 heteroatoms. The lowest BCUT2D eigenvalue weighted by molar-refractivity contribution is 0.0697. The number of aromatic carboxylic acids is 1. The lowest BCUT2D eigenvalue weighted by atomic mass is 10.1. The molecule has 0 spiro atoms. The van der Waals surface area contributed by atoms with E-state index in [9.17, 15) is 9.59 Å². The molecule has 0 aliphatic rings. The van der Waals surface area contributed by atoms with Gasteiger partial charge in [0.05, 0.1) is 5.56 Å². The van der Waals surface area contributed by atoms with Gasteiger partial charge in [-0.15, -0.1) is 0 Å². The molecule has 0 saturated heterocycles. The predicted octanol–water partition coefficient (Wildman–Crippen LogP) is 3.31. The van der Waals surface area contributed by atoms with Crippen molar-refractivity contribution >= 4 is 33.6 Å². The van der Waals surface area contributed by atoms with E-state index < -0.39 is 5.97 Å². The van der Waals surface area contributed by atoms with E-state index in [1.165, 1.54) is 12.1 Å². The van der Waals surface area contributed by atoms with E-state index in [1.807, 2.05) is 6.92 Å². The maximum atomic E-state index is 11.6. The molecule has 0 heterocycles. The molecule has 3 N–H and O–H groups in total. The Morgan fingerprint density at radius 3 is 2.63 bits per heavy atom. The van der Waals surface area contributed by atoms with Crippen LogP contribution in [0.2, 0.25) is 0 Å². The highest BCUT2D eigenvalue weighted by Gasteiger charge is 2.09. The van der Waals surface area contributed by atoms with Crippen LogP contribution in [0.5, 0.6) is 0 Å². The van der Waals surface area contributed by atoms with Gasteiger partial charge in [-0.1, -0.05) is 36.2 Å². The first-order valence-corrected chi connectivity index (χ1v) is 6.80. The minimum atomic E-state index is -1.04. The van der Waals surface area contributed by atoms with Crippen molar-refractivity contribution in [3.63, 3.8) is 0 Å². The summed E-state index contributed by atoms with van der Waals surface area (Å²) in [6.45, 7) is 4.68. The first-order valence-electron chi connectivity index (χ1n) is 6.01. The molecule has 0 aliphatic carbocycles. The second kappa shape index (κ2) is 7.13. The van der Waals surface area contributed by atoms with Gasteiger partial charge in [-0.2, -0.15) is 0 Å². The normalized spacial score (nSPS) is 11.7. The maximum absolute atomic E-state index is 11.6. The third-order valence-electron chi connectivity index (χ3n) is 2.71. The number of carbonyl (C=O) groups is 2. The summed E-state index contributed by atoms with van der Waals surface area (Å²) in [6.07, 6.45) is 0.986. The quantitative estimate of drug-likeness (QED) is 0.775. The second-order valence-electron chi connectivity index (χ2n) is 4.38. The van der Waals surface area contributed by atoms with Crippen LogP contribution < -0.4 is 10.6 Å². The number of carboxylic acid groups (broad SMARTS) is 1. The molecule has 1 atom stereocenters. The van der Waals surface area contributed by atoms with Gasteiger partial charge in [0.2, 0.25) is 0 Å². The number of anilines is 1. The number of nitrogens with one attached hydrogen (secondary N) is 2. The molecule has 1 aromatic carbocycles. The van der Waals surface area contributed by atoms with Crippen molar-refractivity contribution in [3.8, 4) is 0 Å². The summed E-state index contributed by atoms with van der Waals surface area (Å²) in [6, 6.07) is 4.20. The van der Waals surface area contributed by atoms with E-state index in [0.717, 1.165) is 6.42 Å². The van der Waals surface area contributed by atoms with Crippen LogP contribution in [-0.4, -0.2) is 23.7 Å². The number of halogens is 1. The van der Waals surface area contributed by atoms with Crippen molar-refractivity contribution in [2.75, 3.05) is 11.9 Å². The Bertz CT molecular complexity index is 477. The molecule has 1 aromatic rings. The van der Waals surface area contributed by atoms with Crippen LogP contribution in [0.1, 0.15) is 30.6 Å². The molecule has 0 aliphatic heterocycles. The minimum absolute atomic E-state index is 0.117. The molecular weight excluding hydrogens is 312 g/mol. The number of amides is 2. The number of carboxylic acids is 1. The summed E-state index contributed by atoms with van der Waals surface area (Å²) in [4.78, 5) is 22.5. The third kappa shape index (κ3) is 5.30. The smallest absolute Gasteiger partial charge is 0.335 e. The third-order valence-corrected chi connectivity index (χ3v) is 3.17. The van der Waals surface area contributed by atoms with Crippen molar-refractivity contribution in [1.82, 2.24) is 5.32 Å². The van der Waals surface area contributed by atoms with Crippen LogP contribution in [0, 0.1) is 5.92 Å². The van der Waals surface area contributed by atoms with Crippen LogP contribution in [0.25, 0.3) is 0 Å². The van der Waals surface area contributed by atoms with E-state index in [0.29, 0.717) is 22.6 Å². The number of rotatable bonds is 5. The van der Waals surface area contributed by atoms with Crippen LogP contribution in [0.15, 0.2) is 22.7 Å². The van der Waals surface area contributed by atoms with Crippen LogP contribution in [0.3, 0.4) is 0 Å². The largest absolute Gasteiger partial charge is 0.478 e. The molecule has 5 nitrogen and oxygen atoms in total. The fourth-order valence-electron chi connectivity index (χ4n) is 1.37. The molecule has 2 amide bonds. The minimum Gasteiger partial charge on any atom is -0.478 e. The predicted molar refractivity (Wildman–Crippen MR) is 77.6 cm³/mol. The highest BCUT2D eigenvalue weighted by Crippen LogP contribution is 2.19. The SMILES string of the molecule is CCC(C)CNC(=O)Nc1cc(Br)cc(C(=O)O)c1. The summed E-state index contributed by atoms with van der Waals surface area (Å²) >= 11 is 3.21.